The number of benzene rings is 1. The molecule has 19 heavy (non-hydrogen) atoms. The van der Waals surface area contributed by atoms with Crippen molar-refractivity contribution >= 4 is 33.2 Å². The van der Waals surface area contributed by atoms with Crippen LogP contribution in [0.4, 0.5) is 5.69 Å². The van der Waals surface area contributed by atoms with Crippen molar-refractivity contribution in [3.8, 4) is 0 Å². The molecule has 106 valence electrons. The molecule has 0 aliphatic carbocycles. The molecule has 0 spiro atoms. The highest BCUT2D eigenvalue weighted by atomic mass is 79.9. The highest BCUT2D eigenvalue weighted by molar-refractivity contribution is 9.10. The van der Waals surface area contributed by atoms with Gasteiger partial charge in [-0.05, 0) is 46.5 Å². The third kappa shape index (κ3) is 3.45. The molecule has 0 aromatic heterocycles. The van der Waals surface area contributed by atoms with E-state index in [0.717, 1.165) is 29.0 Å². The fraction of sp³-hybridized carbons (Fsp3) is 0.600. The second-order valence-electron chi connectivity index (χ2n) is 5.58. The number of piperazine rings is 1. The first-order valence-electron chi connectivity index (χ1n) is 6.98. The number of nitrogens with zero attached hydrogens (tertiary/aromatic N) is 1. The van der Waals surface area contributed by atoms with E-state index in [2.05, 4.69) is 59.1 Å². The number of hydrogen-bond donors (Lipinski definition) is 1. The van der Waals surface area contributed by atoms with Crippen LogP contribution in [0.5, 0.6) is 0 Å². The van der Waals surface area contributed by atoms with Crippen LogP contribution in [-0.4, -0.2) is 25.2 Å². The molecule has 2 atom stereocenters. The maximum Gasteiger partial charge on any atom is 0.0568 e. The molecule has 1 aromatic carbocycles. The maximum absolute atomic E-state index is 6.24. The SMILES string of the molecule is CCC1CN(c2ccc(Br)c(Cl)c2)C(C(C)C)CN1. The average Bonchev–Trinajstić information content (AvgIpc) is 2.41. The maximum atomic E-state index is 6.24. The van der Waals surface area contributed by atoms with Crippen molar-refractivity contribution in [1.82, 2.24) is 5.32 Å². The molecule has 0 amide bonds. The summed E-state index contributed by atoms with van der Waals surface area (Å²) >= 11 is 9.70. The molecule has 1 aromatic rings. The van der Waals surface area contributed by atoms with E-state index in [4.69, 9.17) is 11.6 Å². The van der Waals surface area contributed by atoms with Gasteiger partial charge in [0.05, 0.1) is 5.02 Å². The average molecular weight is 346 g/mol. The van der Waals surface area contributed by atoms with Crippen molar-refractivity contribution in [3.05, 3.63) is 27.7 Å². The third-order valence-corrected chi connectivity index (χ3v) is 5.16. The molecule has 1 fully saturated rings. The van der Waals surface area contributed by atoms with Gasteiger partial charge in [0.2, 0.25) is 0 Å². The van der Waals surface area contributed by atoms with E-state index in [0.29, 0.717) is 18.0 Å². The van der Waals surface area contributed by atoms with Crippen LogP contribution < -0.4 is 10.2 Å². The number of hydrogen-bond acceptors (Lipinski definition) is 2. The van der Waals surface area contributed by atoms with E-state index in [9.17, 15) is 0 Å². The topological polar surface area (TPSA) is 15.3 Å². The largest absolute Gasteiger partial charge is 0.365 e. The van der Waals surface area contributed by atoms with Crippen LogP contribution in [0.3, 0.4) is 0 Å². The molecule has 0 saturated carbocycles. The van der Waals surface area contributed by atoms with Gasteiger partial charge in [0, 0.05) is 35.3 Å². The standard InChI is InChI=1S/C15H22BrClN2/c1-4-11-9-19(15(8-18-11)10(2)3)12-5-6-13(16)14(17)7-12/h5-7,10-11,15,18H,4,8-9H2,1-3H3. The molecule has 4 heteroatoms. The zero-order valence-corrected chi connectivity index (χ0v) is 14.1. The van der Waals surface area contributed by atoms with Crippen LogP contribution >= 0.6 is 27.5 Å². The van der Waals surface area contributed by atoms with Crippen molar-refractivity contribution in [2.75, 3.05) is 18.0 Å². The number of rotatable bonds is 3. The molecule has 2 rings (SSSR count). The third-order valence-electron chi connectivity index (χ3n) is 3.93. The molecule has 1 N–H and O–H groups in total. The van der Waals surface area contributed by atoms with Gasteiger partial charge in [-0.25, -0.2) is 0 Å². The molecule has 1 aliphatic rings. The number of anilines is 1. The van der Waals surface area contributed by atoms with Gasteiger partial charge in [-0.3, -0.25) is 0 Å². The molecular formula is C15H22BrClN2. The van der Waals surface area contributed by atoms with Gasteiger partial charge in [-0.15, -0.1) is 0 Å². The van der Waals surface area contributed by atoms with Crippen molar-refractivity contribution in [2.24, 2.45) is 5.92 Å². The fourth-order valence-corrected chi connectivity index (χ4v) is 3.09. The molecule has 0 bridgehead atoms. The Bertz CT molecular complexity index is 436. The summed E-state index contributed by atoms with van der Waals surface area (Å²) in [7, 11) is 0. The van der Waals surface area contributed by atoms with E-state index < -0.39 is 0 Å². The van der Waals surface area contributed by atoms with Crippen LogP contribution in [-0.2, 0) is 0 Å². The van der Waals surface area contributed by atoms with E-state index >= 15 is 0 Å². The lowest BCUT2D eigenvalue weighted by atomic mass is 9.97. The molecule has 1 saturated heterocycles. The van der Waals surface area contributed by atoms with Crippen molar-refractivity contribution in [2.45, 2.75) is 39.3 Å². The Morgan fingerprint density at radius 3 is 2.79 bits per heavy atom. The van der Waals surface area contributed by atoms with Crippen LogP contribution in [0.2, 0.25) is 5.02 Å². The minimum atomic E-state index is 0.528. The quantitative estimate of drug-likeness (QED) is 0.878. The second kappa shape index (κ2) is 6.47. The summed E-state index contributed by atoms with van der Waals surface area (Å²) in [5.41, 5.74) is 1.23. The minimum Gasteiger partial charge on any atom is -0.365 e. The first-order valence-corrected chi connectivity index (χ1v) is 8.15. The Kier molecular flexibility index (Phi) is 5.15. The lowest BCUT2D eigenvalue weighted by molar-refractivity contribution is 0.333. The van der Waals surface area contributed by atoms with Gasteiger partial charge >= 0.3 is 0 Å². The Labute approximate surface area is 129 Å². The Hall–Kier alpha value is -0.250. The molecule has 1 aliphatic heterocycles. The first-order chi connectivity index (χ1) is 9.02. The summed E-state index contributed by atoms with van der Waals surface area (Å²) < 4.78 is 0.959. The van der Waals surface area contributed by atoms with Crippen molar-refractivity contribution in [3.63, 3.8) is 0 Å². The lowest BCUT2D eigenvalue weighted by Gasteiger charge is -2.44. The van der Waals surface area contributed by atoms with Crippen molar-refractivity contribution in [1.29, 1.82) is 0 Å². The Balaban J connectivity index is 2.27. The molecule has 1 heterocycles. The summed E-state index contributed by atoms with van der Waals surface area (Å²) in [6.07, 6.45) is 1.16. The van der Waals surface area contributed by atoms with Crippen LogP contribution in [0.15, 0.2) is 22.7 Å². The van der Waals surface area contributed by atoms with Gasteiger partial charge in [0.15, 0.2) is 0 Å². The van der Waals surface area contributed by atoms with Crippen LogP contribution in [0.1, 0.15) is 27.2 Å². The summed E-state index contributed by atoms with van der Waals surface area (Å²) in [5.74, 6) is 0.618. The van der Waals surface area contributed by atoms with Gasteiger partial charge in [0.1, 0.15) is 0 Å². The van der Waals surface area contributed by atoms with E-state index in [1.54, 1.807) is 0 Å². The zero-order valence-electron chi connectivity index (χ0n) is 11.8. The predicted molar refractivity (Wildman–Crippen MR) is 87.2 cm³/mol. The summed E-state index contributed by atoms with van der Waals surface area (Å²) in [5, 5.41) is 4.43. The van der Waals surface area contributed by atoms with Crippen LogP contribution in [0, 0.1) is 5.92 Å². The smallest absolute Gasteiger partial charge is 0.0568 e. The lowest BCUT2D eigenvalue weighted by Crippen LogP contribution is -2.58. The zero-order chi connectivity index (χ0) is 14.0. The van der Waals surface area contributed by atoms with Gasteiger partial charge in [-0.1, -0.05) is 32.4 Å². The normalized spacial score (nSPS) is 24.0. The van der Waals surface area contributed by atoms with Gasteiger partial charge in [0.25, 0.3) is 0 Å². The molecule has 2 unspecified atom stereocenters. The Morgan fingerprint density at radius 2 is 2.21 bits per heavy atom. The highest BCUT2D eigenvalue weighted by Crippen LogP contribution is 2.30. The highest BCUT2D eigenvalue weighted by Gasteiger charge is 2.29. The fourth-order valence-electron chi connectivity index (χ4n) is 2.66. The summed E-state index contributed by atoms with van der Waals surface area (Å²) in [6.45, 7) is 8.90. The minimum absolute atomic E-state index is 0.528. The van der Waals surface area contributed by atoms with E-state index in [1.165, 1.54) is 5.69 Å². The summed E-state index contributed by atoms with van der Waals surface area (Å²) in [6, 6.07) is 7.36. The van der Waals surface area contributed by atoms with Crippen LogP contribution in [0.25, 0.3) is 0 Å². The second-order valence-corrected chi connectivity index (χ2v) is 6.84. The van der Waals surface area contributed by atoms with E-state index in [-0.39, 0.29) is 0 Å². The van der Waals surface area contributed by atoms with Crippen molar-refractivity contribution < 1.29 is 0 Å². The molecule has 0 radical (unpaired) electrons. The first kappa shape index (κ1) is 15.1. The van der Waals surface area contributed by atoms with Gasteiger partial charge in [-0.2, -0.15) is 0 Å². The predicted octanol–water partition coefficient (Wildman–Crippen LogP) is 4.32. The number of nitrogens with one attached hydrogen (secondary N) is 1. The summed E-state index contributed by atoms with van der Waals surface area (Å²) in [4.78, 5) is 2.51. The number of halogens is 2. The Morgan fingerprint density at radius 1 is 1.47 bits per heavy atom. The van der Waals surface area contributed by atoms with Gasteiger partial charge < -0.3 is 10.2 Å². The van der Waals surface area contributed by atoms with E-state index in [1.807, 2.05) is 6.07 Å². The monoisotopic (exact) mass is 344 g/mol. The molecule has 2 nitrogen and oxygen atoms in total. The molecular weight excluding hydrogens is 324 g/mol.